The van der Waals surface area contributed by atoms with E-state index in [-0.39, 0.29) is 5.92 Å². The van der Waals surface area contributed by atoms with Crippen molar-refractivity contribution in [2.24, 2.45) is 17.8 Å². The molecule has 0 radical (unpaired) electrons. The predicted molar refractivity (Wildman–Crippen MR) is 124 cm³/mol. The molecule has 0 aliphatic heterocycles. The summed E-state index contributed by atoms with van der Waals surface area (Å²) in [4.78, 5) is 0. The van der Waals surface area contributed by atoms with Crippen LogP contribution in [0.3, 0.4) is 0 Å². The van der Waals surface area contributed by atoms with E-state index in [0.29, 0.717) is 5.92 Å². The number of benzene rings is 1. The van der Waals surface area contributed by atoms with Gasteiger partial charge in [0.15, 0.2) is 5.83 Å². The average Bonchev–Trinajstić information content (AvgIpc) is 2.79. The Balaban J connectivity index is 1.39. The number of rotatable bonds is 8. The minimum atomic E-state index is -0.614. The fraction of sp³-hybridized carbons (Fsp3) is 0.607. The summed E-state index contributed by atoms with van der Waals surface area (Å²) in [5.74, 6) is 1.73. The van der Waals surface area contributed by atoms with Gasteiger partial charge in [-0.2, -0.15) is 9.65 Å². The number of hydrogen-bond donors (Lipinski definition) is 0. The molecule has 2 fully saturated rings. The van der Waals surface area contributed by atoms with Crippen LogP contribution in [0, 0.1) is 29.1 Å². The summed E-state index contributed by atoms with van der Waals surface area (Å²) in [6, 6.07) is 11.1. The molecule has 0 amide bonds. The number of halogens is 1. The van der Waals surface area contributed by atoms with Crippen molar-refractivity contribution in [1.82, 2.24) is 0 Å². The van der Waals surface area contributed by atoms with E-state index in [1.807, 2.05) is 0 Å². The summed E-state index contributed by atoms with van der Waals surface area (Å²) < 4.78 is 13.1. The van der Waals surface area contributed by atoms with E-state index in [4.69, 9.17) is 5.26 Å². The van der Waals surface area contributed by atoms with Crippen molar-refractivity contribution in [3.63, 3.8) is 0 Å². The van der Waals surface area contributed by atoms with Crippen LogP contribution in [0.4, 0.5) is 4.39 Å². The second-order valence-electron chi connectivity index (χ2n) is 9.50. The first-order chi connectivity index (χ1) is 14.7. The number of nitrogens with zero attached hydrogens (tertiary/aromatic N) is 1. The Labute approximate surface area is 183 Å². The van der Waals surface area contributed by atoms with Crippen LogP contribution < -0.4 is 0 Å². The van der Waals surface area contributed by atoms with Crippen LogP contribution in [-0.2, 0) is 6.42 Å². The predicted octanol–water partition coefficient (Wildman–Crippen LogP) is 8.43. The minimum absolute atomic E-state index is 0.253. The first kappa shape index (κ1) is 22.8. The molecule has 0 heterocycles. The first-order valence-corrected chi connectivity index (χ1v) is 12.2. The van der Waals surface area contributed by atoms with Gasteiger partial charge in [0.25, 0.3) is 0 Å². The van der Waals surface area contributed by atoms with E-state index in [1.54, 1.807) is 6.07 Å². The minimum Gasteiger partial charge on any atom is -0.195 e. The SMILES string of the molecule is CCCCCc1ccc(C2CCC(C=CC3CCC(C=C(F)C#N)CC3)CC2)cc1. The molecule has 2 saturated carbocycles. The van der Waals surface area contributed by atoms with Gasteiger partial charge in [-0.3, -0.25) is 0 Å². The summed E-state index contributed by atoms with van der Waals surface area (Å²) >= 11 is 0. The van der Waals surface area contributed by atoms with Crippen LogP contribution in [0.5, 0.6) is 0 Å². The highest BCUT2D eigenvalue weighted by molar-refractivity contribution is 5.26. The topological polar surface area (TPSA) is 23.8 Å². The Bertz CT molecular complexity index is 723. The summed E-state index contributed by atoms with van der Waals surface area (Å²) in [6.45, 7) is 2.26. The quantitative estimate of drug-likeness (QED) is 0.241. The van der Waals surface area contributed by atoms with Crippen LogP contribution in [0.25, 0.3) is 0 Å². The van der Waals surface area contributed by atoms with Crippen molar-refractivity contribution in [1.29, 1.82) is 5.26 Å². The number of hydrogen-bond acceptors (Lipinski definition) is 1. The fourth-order valence-corrected chi connectivity index (χ4v) is 5.24. The van der Waals surface area contributed by atoms with E-state index >= 15 is 0 Å². The number of aryl methyl sites for hydroxylation is 1. The molecule has 3 rings (SSSR count). The van der Waals surface area contributed by atoms with Gasteiger partial charge in [0.05, 0.1) is 0 Å². The lowest BCUT2D eigenvalue weighted by atomic mass is 9.77. The molecule has 162 valence electrons. The summed E-state index contributed by atoms with van der Waals surface area (Å²) in [5, 5.41) is 8.58. The highest BCUT2D eigenvalue weighted by atomic mass is 19.1. The van der Waals surface area contributed by atoms with Crippen molar-refractivity contribution in [3.8, 4) is 6.07 Å². The van der Waals surface area contributed by atoms with Crippen molar-refractivity contribution < 1.29 is 4.39 Å². The summed E-state index contributed by atoms with van der Waals surface area (Å²) in [6.07, 6.45) is 21.0. The van der Waals surface area contributed by atoms with Crippen molar-refractivity contribution in [2.75, 3.05) is 0 Å². The zero-order valence-electron chi connectivity index (χ0n) is 18.7. The molecule has 0 spiro atoms. The average molecular weight is 408 g/mol. The number of unbranched alkanes of at least 4 members (excludes halogenated alkanes) is 2. The van der Waals surface area contributed by atoms with E-state index in [2.05, 4.69) is 43.3 Å². The monoisotopic (exact) mass is 407 g/mol. The molecular formula is C28H38FN. The zero-order chi connectivity index (χ0) is 21.2. The van der Waals surface area contributed by atoms with Crippen LogP contribution in [0.15, 0.2) is 48.3 Å². The van der Waals surface area contributed by atoms with Gasteiger partial charge >= 0.3 is 0 Å². The standard InChI is InChI=1S/C28H38FN/c1-2-3-4-5-22-12-16-26(17-13-22)27-18-14-24(15-19-27)7-6-23-8-10-25(11-9-23)20-28(29)21-30/h6-7,12-13,16-17,20,23-25,27H,2-5,8-11,14-15,18-19H2,1H3. The molecule has 0 N–H and O–H groups in total. The zero-order valence-corrected chi connectivity index (χ0v) is 18.7. The second kappa shape index (κ2) is 12.1. The summed E-state index contributed by atoms with van der Waals surface area (Å²) in [7, 11) is 0. The lowest BCUT2D eigenvalue weighted by Crippen LogP contribution is -2.14. The number of allylic oxidation sites excluding steroid dienone is 4. The second-order valence-corrected chi connectivity index (χ2v) is 9.50. The maximum absolute atomic E-state index is 13.1. The smallest absolute Gasteiger partial charge is 0.195 e. The van der Waals surface area contributed by atoms with Crippen molar-refractivity contribution in [3.05, 3.63) is 59.4 Å². The van der Waals surface area contributed by atoms with Crippen LogP contribution in [0.1, 0.15) is 94.6 Å². The molecule has 0 saturated heterocycles. The largest absolute Gasteiger partial charge is 0.196 e. The summed E-state index contributed by atoms with van der Waals surface area (Å²) in [5.41, 5.74) is 3.03. The Morgan fingerprint density at radius 1 is 0.900 bits per heavy atom. The highest BCUT2D eigenvalue weighted by Crippen LogP contribution is 2.37. The maximum atomic E-state index is 13.1. The molecule has 1 aromatic carbocycles. The molecule has 0 bridgehead atoms. The molecule has 2 aliphatic carbocycles. The molecule has 2 aliphatic rings. The van der Waals surface area contributed by atoms with Crippen LogP contribution >= 0.6 is 0 Å². The van der Waals surface area contributed by atoms with Gasteiger partial charge < -0.3 is 0 Å². The highest BCUT2D eigenvalue weighted by Gasteiger charge is 2.22. The molecule has 1 aromatic rings. The van der Waals surface area contributed by atoms with Gasteiger partial charge in [-0.1, -0.05) is 56.2 Å². The van der Waals surface area contributed by atoms with Gasteiger partial charge in [-0.15, -0.1) is 0 Å². The molecule has 2 heteroatoms. The van der Waals surface area contributed by atoms with E-state index < -0.39 is 5.83 Å². The first-order valence-electron chi connectivity index (χ1n) is 12.2. The molecule has 0 aromatic heterocycles. The molecule has 0 unspecified atom stereocenters. The Kier molecular flexibility index (Phi) is 9.19. The van der Waals surface area contributed by atoms with Crippen LogP contribution in [-0.4, -0.2) is 0 Å². The van der Waals surface area contributed by atoms with E-state index in [9.17, 15) is 4.39 Å². The van der Waals surface area contributed by atoms with Gasteiger partial charge in [0.2, 0.25) is 0 Å². The van der Waals surface area contributed by atoms with Gasteiger partial charge in [0.1, 0.15) is 6.07 Å². The van der Waals surface area contributed by atoms with Crippen molar-refractivity contribution in [2.45, 2.75) is 89.9 Å². The Morgan fingerprint density at radius 3 is 2.03 bits per heavy atom. The third-order valence-corrected chi connectivity index (χ3v) is 7.25. The Morgan fingerprint density at radius 2 is 1.47 bits per heavy atom. The van der Waals surface area contributed by atoms with Gasteiger partial charge in [-0.25, -0.2) is 0 Å². The lowest BCUT2D eigenvalue weighted by Gasteiger charge is -2.28. The van der Waals surface area contributed by atoms with Gasteiger partial charge in [0, 0.05) is 0 Å². The molecule has 1 nitrogen and oxygen atoms in total. The lowest BCUT2D eigenvalue weighted by molar-refractivity contribution is 0.346. The molecule has 30 heavy (non-hydrogen) atoms. The third-order valence-electron chi connectivity index (χ3n) is 7.25. The number of nitriles is 1. The van der Waals surface area contributed by atoms with E-state index in [1.165, 1.54) is 68.6 Å². The Hall–Kier alpha value is -1.88. The normalized spacial score (nSPS) is 27.8. The fourth-order valence-electron chi connectivity index (χ4n) is 5.24. The van der Waals surface area contributed by atoms with Crippen LogP contribution in [0.2, 0.25) is 0 Å². The van der Waals surface area contributed by atoms with Gasteiger partial charge in [-0.05, 0) is 105 Å². The van der Waals surface area contributed by atoms with Crippen molar-refractivity contribution >= 4 is 0 Å². The third kappa shape index (κ3) is 7.12. The maximum Gasteiger partial charge on any atom is 0.196 e. The molecular weight excluding hydrogens is 369 g/mol. The molecule has 0 atom stereocenters. The van der Waals surface area contributed by atoms with E-state index in [0.717, 1.165) is 37.5 Å².